The average molecular weight is 399 g/mol. The molecule has 2 rings (SSSR count). The van der Waals surface area contributed by atoms with Crippen LogP contribution in [0.1, 0.15) is 12.5 Å². The van der Waals surface area contributed by atoms with Gasteiger partial charge in [0, 0.05) is 13.1 Å². The molecule has 1 aromatic rings. The highest BCUT2D eigenvalue weighted by Gasteiger charge is 2.54. The standard InChI is InChI=1S/C16H15F6NO4/c1-8(27-12-5-3-2-4-10(12)15(17,18)19)13(24)23-6-9(14(25)26)11(7-23)16(20,21)22/h2-5,8-9,11H,6-7H2,1H3,(H,25,26)/t8?,9-,11-/m1/s1. The Kier molecular flexibility index (Phi) is 5.62. The number of halogens is 6. The van der Waals surface area contributed by atoms with E-state index in [9.17, 15) is 35.9 Å². The van der Waals surface area contributed by atoms with Crippen LogP contribution in [0.25, 0.3) is 0 Å². The van der Waals surface area contributed by atoms with Crippen LogP contribution in [0.4, 0.5) is 26.3 Å². The molecule has 3 atom stereocenters. The Balaban J connectivity index is 2.16. The molecule has 27 heavy (non-hydrogen) atoms. The third-order valence-electron chi connectivity index (χ3n) is 4.21. The van der Waals surface area contributed by atoms with Crippen molar-refractivity contribution < 1.29 is 45.8 Å². The molecule has 0 saturated carbocycles. The Labute approximate surface area is 149 Å². The molecular weight excluding hydrogens is 384 g/mol. The number of aliphatic carboxylic acids is 1. The van der Waals surface area contributed by atoms with Crippen molar-refractivity contribution in [3.8, 4) is 5.75 Å². The van der Waals surface area contributed by atoms with Gasteiger partial charge in [-0.05, 0) is 19.1 Å². The maximum absolute atomic E-state index is 13.0. The Morgan fingerprint density at radius 1 is 1.15 bits per heavy atom. The molecule has 1 saturated heterocycles. The van der Waals surface area contributed by atoms with Gasteiger partial charge >= 0.3 is 18.3 Å². The summed E-state index contributed by atoms with van der Waals surface area (Å²) in [7, 11) is 0. The Hall–Kier alpha value is -2.46. The largest absolute Gasteiger partial charge is 0.481 e. The van der Waals surface area contributed by atoms with Crippen molar-refractivity contribution in [1.29, 1.82) is 0 Å². The minimum Gasteiger partial charge on any atom is -0.481 e. The molecule has 1 N–H and O–H groups in total. The fourth-order valence-electron chi connectivity index (χ4n) is 2.87. The molecule has 5 nitrogen and oxygen atoms in total. The maximum Gasteiger partial charge on any atom is 0.419 e. The van der Waals surface area contributed by atoms with E-state index in [0.717, 1.165) is 25.1 Å². The highest BCUT2D eigenvalue weighted by molar-refractivity contribution is 5.82. The van der Waals surface area contributed by atoms with Crippen molar-refractivity contribution in [2.24, 2.45) is 11.8 Å². The van der Waals surface area contributed by atoms with Crippen LogP contribution >= 0.6 is 0 Å². The summed E-state index contributed by atoms with van der Waals surface area (Å²) in [5.74, 6) is -7.47. The van der Waals surface area contributed by atoms with Gasteiger partial charge in [0.25, 0.3) is 5.91 Å². The summed E-state index contributed by atoms with van der Waals surface area (Å²) in [6.45, 7) is -0.507. The molecule has 1 aliphatic rings. The lowest BCUT2D eigenvalue weighted by Gasteiger charge is -2.23. The minimum atomic E-state index is -4.83. The van der Waals surface area contributed by atoms with Gasteiger partial charge < -0.3 is 14.7 Å². The maximum atomic E-state index is 13.0. The van der Waals surface area contributed by atoms with E-state index in [4.69, 9.17) is 9.84 Å². The second-order valence-electron chi connectivity index (χ2n) is 6.09. The van der Waals surface area contributed by atoms with Gasteiger partial charge in [-0.25, -0.2) is 0 Å². The fourth-order valence-corrected chi connectivity index (χ4v) is 2.87. The lowest BCUT2D eigenvalue weighted by Crippen LogP contribution is -2.40. The number of benzene rings is 1. The third kappa shape index (κ3) is 4.64. The number of amides is 1. The molecule has 0 aliphatic carbocycles. The molecule has 1 fully saturated rings. The number of rotatable bonds is 4. The number of carboxylic acid groups (broad SMARTS) is 1. The average Bonchev–Trinajstić information content (AvgIpc) is 2.99. The van der Waals surface area contributed by atoms with E-state index in [0.29, 0.717) is 4.90 Å². The van der Waals surface area contributed by atoms with E-state index < -0.39 is 66.6 Å². The molecule has 1 amide bonds. The predicted molar refractivity (Wildman–Crippen MR) is 78.8 cm³/mol. The van der Waals surface area contributed by atoms with Crippen LogP contribution < -0.4 is 4.74 Å². The van der Waals surface area contributed by atoms with Gasteiger partial charge in [-0.15, -0.1) is 0 Å². The first-order valence-electron chi connectivity index (χ1n) is 7.73. The normalized spacial score (nSPS) is 21.8. The molecule has 1 unspecified atom stereocenters. The van der Waals surface area contributed by atoms with Crippen LogP contribution in [0.2, 0.25) is 0 Å². The van der Waals surface area contributed by atoms with Crippen LogP contribution in [0, 0.1) is 11.8 Å². The third-order valence-corrected chi connectivity index (χ3v) is 4.21. The first-order chi connectivity index (χ1) is 12.3. The smallest absolute Gasteiger partial charge is 0.419 e. The van der Waals surface area contributed by atoms with E-state index in [2.05, 4.69) is 0 Å². The summed E-state index contributed by atoms with van der Waals surface area (Å²) in [6, 6.07) is 4.09. The summed E-state index contributed by atoms with van der Waals surface area (Å²) in [4.78, 5) is 24.0. The van der Waals surface area contributed by atoms with Gasteiger partial charge in [-0.3, -0.25) is 9.59 Å². The van der Waals surface area contributed by atoms with Crippen molar-refractivity contribution in [3.05, 3.63) is 29.8 Å². The Morgan fingerprint density at radius 2 is 1.74 bits per heavy atom. The number of carbonyl (C=O) groups is 2. The quantitative estimate of drug-likeness (QED) is 0.790. The van der Waals surface area contributed by atoms with Gasteiger partial charge in [0.15, 0.2) is 6.10 Å². The second-order valence-corrected chi connectivity index (χ2v) is 6.09. The summed E-state index contributed by atoms with van der Waals surface area (Å²) in [6.07, 6.45) is -11.1. The first kappa shape index (κ1) is 20.8. The van der Waals surface area contributed by atoms with E-state index >= 15 is 0 Å². The monoisotopic (exact) mass is 399 g/mol. The van der Waals surface area contributed by atoms with Crippen LogP contribution in [-0.4, -0.2) is 47.3 Å². The molecule has 0 bridgehead atoms. The van der Waals surface area contributed by atoms with Gasteiger partial charge in [-0.1, -0.05) is 12.1 Å². The number of nitrogens with zero attached hydrogens (tertiary/aromatic N) is 1. The van der Waals surface area contributed by atoms with Crippen LogP contribution in [-0.2, 0) is 15.8 Å². The zero-order valence-electron chi connectivity index (χ0n) is 13.8. The molecule has 0 spiro atoms. The number of carbonyl (C=O) groups excluding carboxylic acids is 1. The predicted octanol–water partition coefficient (Wildman–Crippen LogP) is 3.19. The molecular formula is C16H15F6NO4. The van der Waals surface area contributed by atoms with Crippen molar-refractivity contribution in [1.82, 2.24) is 4.90 Å². The lowest BCUT2D eigenvalue weighted by molar-refractivity contribution is -0.188. The number of alkyl halides is 6. The number of carboxylic acids is 1. The van der Waals surface area contributed by atoms with Gasteiger partial charge in [0.2, 0.25) is 0 Å². The van der Waals surface area contributed by atoms with Crippen molar-refractivity contribution in [3.63, 3.8) is 0 Å². The number of para-hydroxylation sites is 1. The lowest BCUT2D eigenvalue weighted by atomic mass is 9.96. The number of likely N-dealkylation sites (tertiary alicyclic amines) is 1. The van der Waals surface area contributed by atoms with Crippen LogP contribution in [0.15, 0.2) is 24.3 Å². The summed E-state index contributed by atoms with van der Waals surface area (Å²) < 4.78 is 82.8. The molecule has 11 heteroatoms. The zero-order chi connectivity index (χ0) is 20.6. The highest BCUT2D eigenvalue weighted by Crippen LogP contribution is 2.39. The SMILES string of the molecule is CC(Oc1ccccc1C(F)(F)F)C(=O)N1C[C@@H](C(F)(F)F)[C@H](C(=O)O)C1. The van der Waals surface area contributed by atoms with E-state index in [-0.39, 0.29) is 0 Å². The van der Waals surface area contributed by atoms with Gasteiger partial charge in [-0.2, -0.15) is 26.3 Å². The van der Waals surface area contributed by atoms with E-state index in [1.807, 2.05) is 0 Å². The Morgan fingerprint density at radius 3 is 2.22 bits per heavy atom. The van der Waals surface area contributed by atoms with Crippen LogP contribution in [0.5, 0.6) is 5.75 Å². The summed E-state index contributed by atoms with van der Waals surface area (Å²) >= 11 is 0. The molecule has 1 heterocycles. The number of hydrogen-bond acceptors (Lipinski definition) is 3. The fraction of sp³-hybridized carbons (Fsp3) is 0.500. The summed E-state index contributed by atoms with van der Waals surface area (Å²) in [5.41, 5.74) is -1.14. The van der Waals surface area contributed by atoms with Crippen molar-refractivity contribution >= 4 is 11.9 Å². The highest BCUT2D eigenvalue weighted by atomic mass is 19.4. The first-order valence-corrected chi connectivity index (χ1v) is 7.73. The van der Waals surface area contributed by atoms with Crippen LogP contribution in [0.3, 0.4) is 0 Å². The minimum absolute atomic E-state index is 0.646. The molecule has 1 aliphatic heterocycles. The van der Waals surface area contributed by atoms with Gasteiger partial charge in [0.1, 0.15) is 5.75 Å². The van der Waals surface area contributed by atoms with Crippen molar-refractivity contribution in [2.75, 3.05) is 13.1 Å². The van der Waals surface area contributed by atoms with E-state index in [1.54, 1.807) is 0 Å². The summed E-state index contributed by atoms with van der Waals surface area (Å²) in [5, 5.41) is 8.95. The van der Waals surface area contributed by atoms with E-state index in [1.165, 1.54) is 6.07 Å². The van der Waals surface area contributed by atoms with Crippen molar-refractivity contribution in [2.45, 2.75) is 25.4 Å². The molecule has 0 aromatic heterocycles. The molecule has 0 radical (unpaired) electrons. The topological polar surface area (TPSA) is 66.8 Å². The van der Waals surface area contributed by atoms with Gasteiger partial charge in [0.05, 0.1) is 17.4 Å². The zero-order valence-corrected chi connectivity index (χ0v) is 13.8. The Bertz CT molecular complexity index is 718. The number of hydrogen-bond donors (Lipinski definition) is 1. The second kappa shape index (κ2) is 7.28. The molecule has 150 valence electrons. The number of ether oxygens (including phenoxy) is 1. The molecule has 1 aromatic carbocycles.